The molecule has 1 aromatic heterocycles. The minimum atomic E-state index is -1.39. The number of aliphatic hydroxyl groups is 3. The van der Waals surface area contributed by atoms with Gasteiger partial charge in [0, 0.05) is 11.8 Å². The largest absolute Gasteiger partial charge is 0.394 e. The van der Waals surface area contributed by atoms with Crippen molar-refractivity contribution < 1.29 is 25.3 Å². The zero-order valence-corrected chi connectivity index (χ0v) is 10.4. The van der Waals surface area contributed by atoms with Crippen molar-refractivity contribution in [1.82, 2.24) is 9.55 Å². The molecule has 0 bridgehead atoms. The summed E-state index contributed by atoms with van der Waals surface area (Å²) < 4.78 is 6.19. The highest BCUT2D eigenvalue weighted by Crippen LogP contribution is 2.28. The lowest BCUT2D eigenvalue weighted by molar-refractivity contribution is -0.0549. The molecule has 110 valence electrons. The Morgan fingerprint density at radius 2 is 2.20 bits per heavy atom. The van der Waals surface area contributed by atoms with Crippen molar-refractivity contribution >= 4 is 11.9 Å². The molecule has 0 radical (unpaired) electrons. The van der Waals surface area contributed by atoms with E-state index in [1.165, 1.54) is 12.3 Å². The summed E-state index contributed by atoms with van der Waals surface area (Å²) in [5.41, 5.74) is 1.25. The van der Waals surface area contributed by atoms with Crippen molar-refractivity contribution in [1.29, 1.82) is 0 Å². The molecule has 4 atom stereocenters. The van der Waals surface area contributed by atoms with E-state index in [9.17, 15) is 15.0 Å². The van der Waals surface area contributed by atoms with Crippen molar-refractivity contribution in [3.8, 4) is 0 Å². The van der Waals surface area contributed by atoms with Gasteiger partial charge in [0.15, 0.2) is 12.0 Å². The predicted octanol–water partition coefficient (Wildman–Crippen LogP) is -1.70. The van der Waals surface area contributed by atoms with Gasteiger partial charge in [0.1, 0.15) is 18.3 Å². The fraction of sp³-hybridized carbons (Fsp3) is 0.455. The van der Waals surface area contributed by atoms with Crippen molar-refractivity contribution in [2.24, 2.45) is 0 Å². The van der Waals surface area contributed by atoms with Crippen LogP contribution in [-0.2, 0) is 4.74 Å². The minimum absolute atomic E-state index is 0.0898. The van der Waals surface area contributed by atoms with Crippen LogP contribution in [0, 0.1) is 0 Å². The highest BCUT2D eigenvalue weighted by atomic mass is 16.6. The second-order valence-electron chi connectivity index (χ2n) is 4.28. The smallest absolute Gasteiger partial charge is 0.351 e. The van der Waals surface area contributed by atoms with Gasteiger partial charge in [-0.1, -0.05) is 12.7 Å². The summed E-state index contributed by atoms with van der Waals surface area (Å²) in [4.78, 5) is 15.4. The fourth-order valence-corrected chi connectivity index (χ4v) is 2.02. The summed E-state index contributed by atoms with van der Waals surface area (Å²) in [5, 5.41) is 37.4. The van der Waals surface area contributed by atoms with E-state index in [1.807, 2.05) is 0 Å². The van der Waals surface area contributed by atoms with Crippen LogP contribution in [0.5, 0.6) is 0 Å². The molecule has 0 spiro atoms. The van der Waals surface area contributed by atoms with Crippen LogP contribution < -0.4 is 11.2 Å². The van der Waals surface area contributed by atoms with E-state index in [-0.39, 0.29) is 5.82 Å². The van der Waals surface area contributed by atoms with Gasteiger partial charge in [0.05, 0.1) is 6.61 Å². The van der Waals surface area contributed by atoms with Gasteiger partial charge in [0.2, 0.25) is 0 Å². The standard InChI is InChI=1S/C11H15N3O6/c1-2-5-3-14(11(18)12-9(5)13-19)10-8(17)7(16)6(4-15)20-10/h2-3,6-8,10,15-17,19H,1,4H2,(H,12,13,18)/t6-,7-,8-,10-/m1/s1. The van der Waals surface area contributed by atoms with E-state index < -0.39 is 36.8 Å². The van der Waals surface area contributed by atoms with Gasteiger partial charge < -0.3 is 20.1 Å². The van der Waals surface area contributed by atoms with Crippen molar-refractivity contribution in [2.75, 3.05) is 12.1 Å². The Morgan fingerprint density at radius 3 is 2.70 bits per heavy atom. The topological polar surface area (TPSA) is 137 Å². The van der Waals surface area contributed by atoms with Crippen molar-refractivity contribution in [3.05, 3.63) is 28.8 Å². The highest BCUT2D eigenvalue weighted by Gasteiger charge is 2.43. The molecule has 2 rings (SSSR count). The molecule has 1 saturated heterocycles. The molecule has 0 amide bonds. The molecule has 9 heteroatoms. The van der Waals surface area contributed by atoms with Crippen LogP contribution in [-0.4, -0.2) is 55.0 Å². The third-order valence-corrected chi connectivity index (χ3v) is 3.10. The van der Waals surface area contributed by atoms with E-state index in [4.69, 9.17) is 15.1 Å². The lowest BCUT2D eigenvalue weighted by Crippen LogP contribution is -2.36. The van der Waals surface area contributed by atoms with Crippen LogP contribution in [0.1, 0.15) is 11.8 Å². The number of hydrogen-bond donors (Lipinski definition) is 5. The molecule has 1 aromatic rings. The van der Waals surface area contributed by atoms with Crippen LogP contribution >= 0.6 is 0 Å². The average molecular weight is 285 g/mol. The van der Waals surface area contributed by atoms with E-state index in [0.717, 1.165) is 4.57 Å². The summed E-state index contributed by atoms with van der Waals surface area (Å²) in [7, 11) is 0. The summed E-state index contributed by atoms with van der Waals surface area (Å²) in [5.74, 6) is -0.0898. The number of nitrogens with one attached hydrogen (secondary N) is 1. The number of aliphatic hydroxyl groups excluding tert-OH is 3. The summed E-state index contributed by atoms with van der Waals surface area (Å²) in [6.45, 7) is 3.00. The molecule has 2 heterocycles. The molecule has 0 aliphatic carbocycles. The van der Waals surface area contributed by atoms with Crippen molar-refractivity contribution in [3.63, 3.8) is 0 Å². The Balaban J connectivity index is 2.43. The van der Waals surface area contributed by atoms with Crippen LogP contribution in [0.15, 0.2) is 17.6 Å². The first kappa shape index (κ1) is 14.6. The average Bonchev–Trinajstić information content (AvgIpc) is 2.74. The highest BCUT2D eigenvalue weighted by molar-refractivity contribution is 5.59. The maximum absolute atomic E-state index is 11.8. The molecular weight excluding hydrogens is 270 g/mol. The SMILES string of the molecule is C=Cc1cn([C@@H]2O[C@H](CO)[C@@H](O)[C@H]2O)c(=O)nc1NO. The summed E-state index contributed by atoms with van der Waals surface area (Å²) in [6, 6.07) is 0. The van der Waals surface area contributed by atoms with Crippen LogP contribution in [0.4, 0.5) is 5.82 Å². The molecule has 20 heavy (non-hydrogen) atoms. The van der Waals surface area contributed by atoms with Crippen LogP contribution in [0.2, 0.25) is 0 Å². The molecule has 0 unspecified atom stereocenters. The van der Waals surface area contributed by atoms with E-state index >= 15 is 0 Å². The first-order chi connectivity index (χ1) is 9.53. The van der Waals surface area contributed by atoms with Gasteiger partial charge in [-0.25, -0.2) is 4.79 Å². The zero-order chi connectivity index (χ0) is 14.9. The molecule has 0 aromatic carbocycles. The Morgan fingerprint density at radius 1 is 1.50 bits per heavy atom. The molecule has 5 N–H and O–H groups in total. The van der Waals surface area contributed by atoms with Gasteiger partial charge in [-0.2, -0.15) is 4.98 Å². The Labute approximate surface area is 113 Å². The Kier molecular flexibility index (Phi) is 4.16. The number of aromatic nitrogens is 2. The molecule has 1 aliphatic rings. The Hall–Kier alpha value is -1.78. The fourth-order valence-electron chi connectivity index (χ4n) is 2.02. The van der Waals surface area contributed by atoms with Crippen LogP contribution in [0.3, 0.4) is 0 Å². The van der Waals surface area contributed by atoms with E-state index in [1.54, 1.807) is 5.48 Å². The third kappa shape index (κ3) is 2.32. The monoisotopic (exact) mass is 285 g/mol. The first-order valence-corrected chi connectivity index (χ1v) is 5.81. The second-order valence-corrected chi connectivity index (χ2v) is 4.28. The second kappa shape index (κ2) is 5.69. The van der Waals surface area contributed by atoms with E-state index in [0.29, 0.717) is 5.56 Å². The lowest BCUT2D eigenvalue weighted by atomic mass is 10.1. The molecule has 9 nitrogen and oxygen atoms in total. The number of ether oxygens (including phenoxy) is 1. The zero-order valence-electron chi connectivity index (χ0n) is 10.4. The summed E-state index contributed by atoms with van der Waals surface area (Å²) in [6.07, 6.45) is -2.29. The first-order valence-electron chi connectivity index (χ1n) is 5.81. The quantitative estimate of drug-likeness (QED) is 0.413. The molecule has 1 aliphatic heterocycles. The summed E-state index contributed by atoms with van der Waals surface area (Å²) >= 11 is 0. The number of hydrogen-bond acceptors (Lipinski definition) is 8. The normalized spacial score (nSPS) is 29.4. The maximum atomic E-state index is 11.8. The van der Waals surface area contributed by atoms with Gasteiger partial charge in [-0.3, -0.25) is 15.3 Å². The lowest BCUT2D eigenvalue weighted by Gasteiger charge is -2.18. The van der Waals surface area contributed by atoms with Crippen molar-refractivity contribution in [2.45, 2.75) is 24.5 Å². The van der Waals surface area contributed by atoms with Gasteiger partial charge in [-0.15, -0.1) is 0 Å². The molecule has 0 saturated carbocycles. The molecular formula is C11H15N3O6. The third-order valence-electron chi connectivity index (χ3n) is 3.10. The Bertz CT molecular complexity index is 560. The van der Waals surface area contributed by atoms with Crippen LogP contribution in [0.25, 0.3) is 6.08 Å². The van der Waals surface area contributed by atoms with Gasteiger partial charge in [-0.05, 0) is 0 Å². The minimum Gasteiger partial charge on any atom is -0.394 e. The predicted molar refractivity (Wildman–Crippen MR) is 67.0 cm³/mol. The number of nitrogens with zero attached hydrogens (tertiary/aromatic N) is 2. The number of anilines is 1. The molecule has 1 fully saturated rings. The maximum Gasteiger partial charge on any atom is 0.351 e. The number of rotatable bonds is 4. The van der Waals surface area contributed by atoms with Gasteiger partial charge in [0.25, 0.3) is 0 Å². The van der Waals surface area contributed by atoms with Gasteiger partial charge >= 0.3 is 5.69 Å². The van der Waals surface area contributed by atoms with E-state index in [2.05, 4.69) is 11.6 Å².